The molecule has 0 bridgehead atoms. The van der Waals surface area contributed by atoms with Crippen LogP contribution in [0.1, 0.15) is 28.8 Å². The summed E-state index contributed by atoms with van der Waals surface area (Å²) in [5, 5.41) is 0. The largest absolute Gasteiger partial charge is 0.459 e. The second-order valence-corrected chi connectivity index (χ2v) is 8.64. The Morgan fingerprint density at radius 3 is 2.23 bits per heavy atom. The van der Waals surface area contributed by atoms with Crippen LogP contribution in [0.15, 0.2) is 95.9 Å². The van der Waals surface area contributed by atoms with Crippen LogP contribution in [-0.2, 0) is 20.8 Å². The van der Waals surface area contributed by atoms with Crippen LogP contribution in [0, 0.1) is 0 Å². The molecule has 3 atom stereocenters. The number of carbonyl (C=O) groups excluding carboxylic acids is 1. The van der Waals surface area contributed by atoms with Gasteiger partial charge in [-0.3, -0.25) is 0 Å². The molecule has 5 heteroatoms. The number of hydrogen-bond acceptors (Lipinski definition) is 5. The summed E-state index contributed by atoms with van der Waals surface area (Å²) in [5.74, 6) is -0.344. The Hall–Kier alpha value is -2.60. The summed E-state index contributed by atoms with van der Waals surface area (Å²) in [6.07, 6.45) is 1.29. The van der Waals surface area contributed by atoms with Crippen molar-refractivity contribution in [3.8, 4) is 0 Å². The lowest BCUT2D eigenvalue weighted by Crippen LogP contribution is -2.42. The van der Waals surface area contributed by atoms with Gasteiger partial charge in [-0.2, -0.15) is 0 Å². The number of esters is 1. The molecule has 3 aromatic carbocycles. The van der Waals surface area contributed by atoms with E-state index in [0.717, 1.165) is 23.3 Å². The Balaban J connectivity index is 1.39. The van der Waals surface area contributed by atoms with E-state index in [4.69, 9.17) is 14.2 Å². The molecule has 1 saturated heterocycles. The summed E-state index contributed by atoms with van der Waals surface area (Å²) < 4.78 is 18.1. The van der Waals surface area contributed by atoms with Gasteiger partial charge in [0.05, 0.1) is 18.3 Å². The third-order valence-corrected chi connectivity index (χ3v) is 6.29. The topological polar surface area (TPSA) is 44.8 Å². The predicted octanol–water partition coefficient (Wildman–Crippen LogP) is 5.73. The minimum atomic E-state index is -0.344. The van der Waals surface area contributed by atoms with Crippen LogP contribution in [-0.4, -0.2) is 30.2 Å². The predicted molar refractivity (Wildman–Crippen MR) is 122 cm³/mol. The molecule has 0 spiro atoms. The minimum Gasteiger partial charge on any atom is -0.459 e. The first kappa shape index (κ1) is 21.6. The van der Waals surface area contributed by atoms with Gasteiger partial charge in [0.25, 0.3) is 0 Å². The number of ether oxygens (including phenoxy) is 3. The van der Waals surface area contributed by atoms with E-state index in [0.29, 0.717) is 12.2 Å². The van der Waals surface area contributed by atoms with Crippen LogP contribution >= 0.6 is 11.8 Å². The highest BCUT2D eigenvalue weighted by molar-refractivity contribution is 7.99. The van der Waals surface area contributed by atoms with E-state index in [1.165, 1.54) is 0 Å². The number of carbonyl (C=O) groups is 1. The van der Waals surface area contributed by atoms with Crippen molar-refractivity contribution in [1.82, 2.24) is 0 Å². The molecule has 0 N–H and O–H groups in total. The molecule has 0 aliphatic carbocycles. The first-order valence-electron chi connectivity index (χ1n) is 10.5. The number of thioether (sulfide) groups is 1. The molecule has 0 aromatic heterocycles. The maximum absolute atomic E-state index is 12.4. The van der Waals surface area contributed by atoms with Crippen LogP contribution in [0.2, 0.25) is 0 Å². The lowest BCUT2D eigenvalue weighted by Gasteiger charge is -2.35. The average Bonchev–Trinajstić information content (AvgIpc) is 2.84. The summed E-state index contributed by atoms with van der Waals surface area (Å²) in [6, 6.07) is 29.3. The lowest BCUT2D eigenvalue weighted by atomic mass is 10.1. The molecular weight excluding hydrogens is 408 g/mol. The molecule has 1 heterocycles. The minimum absolute atomic E-state index is 0.000553. The van der Waals surface area contributed by atoms with Gasteiger partial charge in [0, 0.05) is 4.90 Å². The molecule has 3 aromatic rings. The van der Waals surface area contributed by atoms with E-state index < -0.39 is 0 Å². The Kier molecular flexibility index (Phi) is 7.77. The fraction of sp³-hybridized carbons (Fsp3) is 0.269. The second-order valence-electron chi connectivity index (χ2n) is 7.41. The Bertz CT molecular complexity index is 933. The summed E-state index contributed by atoms with van der Waals surface area (Å²) in [5.41, 5.74) is 1.65. The molecule has 4 nitrogen and oxygen atoms in total. The van der Waals surface area contributed by atoms with E-state index in [1.807, 2.05) is 66.7 Å². The molecule has 1 aliphatic heterocycles. The van der Waals surface area contributed by atoms with Gasteiger partial charge in [-0.1, -0.05) is 78.5 Å². The van der Waals surface area contributed by atoms with Gasteiger partial charge < -0.3 is 14.2 Å². The van der Waals surface area contributed by atoms with Crippen molar-refractivity contribution < 1.29 is 19.0 Å². The van der Waals surface area contributed by atoms with E-state index in [1.54, 1.807) is 23.9 Å². The van der Waals surface area contributed by atoms with E-state index in [-0.39, 0.29) is 30.2 Å². The van der Waals surface area contributed by atoms with Gasteiger partial charge in [-0.25, -0.2) is 4.79 Å². The van der Waals surface area contributed by atoms with Crippen molar-refractivity contribution in [3.63, 3.8) is 0 Å². The maximum Gasteiger partial charge on any atom is 0.338 e. The quantitative estimate of drug-likeness (QED) is 0.424. The van der Waals surface area contributed by atoms with Gasteiger partial charge in [0.1, 0.15) is 18.1 Å². The van der Waals surface area contributed by atoms with Gasteiger partial charge in [0.2, 0.25) is 0 Å². The highest BCUT2D eigenvalue weighted by Crippen LogP contribution is 2.34. The highest BCUT2D eigenvalue weighted by Gasteiger charge is 2.33. The maximum atomic E-state index is 12.4. The number of rotatable bonds is 8. The number of benzene rings is 3. The van der Waals surface area contributed by atoms with Gasteiger partial charge in [-0.05, 0) is 42.7 Å². The molecule has 0 amide bonds. The van der Waals surface area contributed by atoms with Crippen LogP contribution in [0.4, 0.5) is 0 Å². The van der Waals surface area contributed by atoms with E-state index in [9.17, 15) is 4.79 Å². The Morgan fingerprint density at radius 2 is 1.52 bits per heavy atom. The zero-order valence-electron chi connectivity index (χ0n) is 17.3. The molecule has 1 fully saturated rings. The smallest absolute Gasteiger partial charge is 0.338 e. The van der Waals surface area contributed by atoms with Crippen molar-refractivity contribution in [2.75, 3.05) is 6.61 Å². The first-order valence-corrected chi connectivity index (χ1v) is 11.4. The fourth-order valence-electron chi connectivity index (χ4n) is 3.50. The van der Waals surface area contributed by atoms with Crippen LogP contribution in [0.3, 0.4) is 0 Å². The number of hydrogen-bond donors (Lipinski definition) is 0. The molecular formula is C26H26O4S. The molecule has 0 saturated carbocycles. The van der Waals surface area contributed by atoms with Crippen LogP contribution in [0.25, 0.3) is 0 Å². The monoisotopic (exact) mass is 434 g/mol. The second kappa shape index (κ2) is 11.1. The molecule has 1 aliphatic rings. The zero-order chi connectivity index (χ0) is 21.3. The summed E-state index contributed by atoms with van der Waals surface area (Å²) >= 11 is 1.70. The van der Waals surface area contributed by atoms with Crippen molar-refractivity contribution >= 4 is 17.7 Å². The lowest BCUT2D eigenvalue weighted by molar-refractivity contribution is -0.136. The summed E-state index contributed by atoms with van der Waals surface area (Å²) in [6.45, 7) is 0.674. The Labute approximate surface area is 187 Å². The summed E-state index contributed by atoms with van der Waals surface area (Å²) in [4.78, 5) is 13.6. The SMILES string of the molecule is O=C(OC[C@H]1O[C@H](Sc2ccccc2)CC[C@@H]1OCc1ccccc1)c1ccccc1. The van der Waals surface area contributed by atoms with Crippen LogP contribution in [0.5, 0.6) is 0 Å². The van der Waals surface area contributed by atoms with Crippen molar-refractivity contribution in [2.24, 2.45) is 0 Å². The third kappa shape index (κ3) is 6.44. The van der Waals surface area contributed by atoms with Crippen LogP contribution < -0.4 is 0 Å². The highest BCUT2D eigenvalue weighted by atomic mass is 32.2. The van der Waals surface area contributed by atoms with Crippen molar-refractivity contribution in [1.29, 1.82) is 0 Å². The average molecular weight is 435 g/mol. The van der Waals surface area contributed by atoms with Gasteiger partial charge in [0.15, 0.2) is 0 Å². The molecule has 31 heavy (non-hydrogen) atoms. The molecule has 4 rings (SSSR count). The van der Waals surface area contributed by atoms with Gasteiger partial charge in [-0.15, -0.1) is 0 Å². The molecule has 160 valence electrons. The Morgan fingerprint density at radius 1 is 0.871 bits per heavy atom. The summed E-state index contributed by atoms with van der Waals surface area (Å²) in [7, 11) is 0. The first-order chi connectivity index (χ1) is 15.3. The van der Waals surface area contributed by atoms with Gasteiger partial charge >= 0.3 is 5.97 Å². The van der Waals surface area contributed by atoms with E-state index >= 15 is 0 Å². The third-order valence-electron chi connectivity index (χ3n) is 5.13. The molecule has 0 radical (unpaired) electrons. The standard InChI is InChI=1S/C26H26O4S/c27-26(21-12-6-2-7-13-21)29-19-24-23(28-18-20-10-4-1-5-11-20)16-17-25(30-24)31-22-14-8-3-9-15-22/h1-15,23-25H,16-19H2/t23-,24+,25+/m0/s1. The normalized spacial score (nSPS) is 20.8. The van der Waals surface area contributed by atoms with Crippen molar-refractivity contribution in [2.45, 2.75) is 42.0 Å². The zero-order valence-corrected chi connectivity index (χ0v) is 18.1. The fourth-order valence-corrected chi connectivity index (χ4v) is 4.57. The molecule has 0 unspecified atom stereocenters. The van der Waals surface area contributed by atoms with Crippen molar-refractivity contribution in [3.05, 3.63) is 102 Å². The van der Waals surface area contributed by atoms with E-state index in [2.05, 4.69) is 12.1 Å².